The number of aliphatic hydroxyl groups excluding tert-OH is 1. The Bertz CT molecular complexity index is 1560. The average molecular weight is 498 g/mol. The number of nitro groups is 1. The summed E-state index contributed by atoms with van der Waals surface area (Å²) in [6.45, 7) is 0.181. The van der Waals surface area contributed by atoms with E-state index in [4.69, 9.17) is 4.74 Å². The zero-order valence-corrected chi connectivity index (χ0v) is 19.7. The van der Waals surface area contributed by atoms with Gasteiger partial charge in [-0.1, -0.05) is 18.2 Å². The predicted molar refractivity (Wildman–Crippen MR) is 135 cm³/mol. The maximum absolute atomic E-state index is 13.2. The van der Waals surface area contributed by atoms with Crippen molar-refractivity contribution in [2.45, 2.75) is 12.5 Å². The van der Waals surface area contributed by atoms with E-state index in [9.17, 15) is 24.8 Å². The van der Waals surface area contributed by atoms with Crippen molar-refractivity contribution in [1.29, 1.82) is 0 Å². The molecular formula is C27H22N4O6. The molecule has 2 N–H and O–H groups in total. The molecule has 0 unspecified atom stereocenters. The minimum atomic E-state index is -0.910. The molecule has 3 heterocycles. The fourth-order valence-corrected chi connectivity index (χ4v) is 4.65. The highest BCUT2D eigenvalue weighted by atomic mass is 16.6. The molecule has 5 rings (SSSR count). The molecule has 0 bridgehead atoms. The second kappa shape index (κ2) is 9.57. The smallest absolute Gasteiger partial charge is 0.295 e. The van der Waals surface area contributed by atoms with Crippen LogP contribution in [-0.4, -0.2) is 50.2 Å². The number of methoxy groups -OCH3 is 1. The zero-order chi connectivity index (χ0) is 26.1. The van der Waals surface area contributed by atoms with Crippen molar-refractivity contribution in [3.8, 4) is 5.75 Å². The Morgan fingerprint density at radius 1 is 1.19 bits per heavy atom. The van der Waals surface area contributed by atoms with Gasteiger partial charge in [-0.3, -0.25) is 24.7 Å². The van der Waals surface area contributed by atoms with Crippen molar-refractivity contribution in [2.24, 2.45) is 0 Å². The van der Waals surface area contributed by atoms with Crippen LogP contribution in [0, 0.1) is 10.1 Å². The van der Waals surface area contributed by atoms with Crippen molar-refractivity contribution in [3.63, 3.8) is 0 Å². The number of ether oxygens (including phenoxy) is 1. The summed E-state index contributed by atoms with van der Waals surface area (Å²) < 4.78 is 5.33. The van der Waals surface area contributed by atoms with E-state index in [1.54, 1.807) is 25.4 Å². The fraction of sp³-hybridized carbons (Fsp3) is 0.148. The van der Waals surface area contributed by atoms with E-state index in [1.165, 1.54) is 35.4 Å². The van der Waals surface area contributed by atoms with Crippen LogP contribution in [0.3, 0.4) is 0 Å². The Morgan fingerprint density at radius 3 is 2.76 bits per heavy atom. The summed E-state index contributed by atoms with van der Waals surface area (Å²) in [7, 11) is 1.59. The second-order valence-electron chi connectivity index (χ2n) is 8.56. The third-order valence-corrected chi connectivity index (χ3v) is 6.47. The number of hydrogen-bond donors (Lipinski definition) is 2. The maximum Gasteiger partial charge on any atom is 0.295 e. The maximum atomic E-state index is 13.2. The van der Waals surface area contributed by atoms with Gasteiger partial charge in [-0.2, -0.15) is 0 Å². The molecule has 0 saturated carbocycles. The number of H-pyrrole nitrogens is 1. The van der Waals surface area contributed by atoms with E-state index in [2.05, 4.69) is 9.97 Å². The molecule has 10 heteroatoms. The highest BCUT2D eigenvalue weighted by Gasteiger charge is 2.46. The number of carbonyl (C=O) groups excluding carboxylic acids is 2. The van der Waals surface area contributed by atoms with Crippen LogP contribution in [0.1, 0.15) is 22.7 Å². The Kier molecular flexibility index (Phi) is 6.14. The van der Waals surface area contributed by atoms with Gasteiger partial charge in [0.25, 0.3) is 17.4 Å². The van der Waals surface area contributed by atoms with Crippen molar-refractivity contribution in [2.75, 3.05) is 13.7 Å². The van der Waals surface area contributed by atoms with Crippen molar-refractivity contribution in [3.05, 3.63) is 106 Å². The number of pyridine rings is 1. The minimum absolute atomic E-state index is 0.0739. The molecule has 37 heavy (non-hydrogen) atoms. The van der Waals surface area contributed by atoms with Crippen LogP contribution in [0.2, 0.25) is 0 Å². The number of amides is 1. The van der Waals surface area contributed by atoms with Crippen LogP contribution in [0.15, 0.2) is 78.8 Å². The van der Waals surface area contributed by atoms with Gasteiger partial charge >= 0.3 is 0 Å². The standard InChI is InChI=1S/C27H22N4O6/c1-37-20-7-8-22-21(13-20)17(15-29-22)9-11-30-24(18-5-3-10-28-14-18)23(26(33)27(30)34)25(32)16-4-2-6-19(12-16)31(35)36/h2-8,10,12-15,24,29,32H,9,11H2,1H3/t24-/m0/s1. The topological polar surface area (TPSA) is 139 Å². The number of carbonyl (C=O) groups is 2. The third kappa shape index (κ3) is 4.29. The lowest BCUT2D eigenvalue weighted by molar-refractivity contribution is -0.384. The van der Waals surface area contributed by atoms with Gasteiger partial charge in [0.2, 0.25) is 0 Å². The Hall–Kier alpha value is -4.99. The van der Waals surface area contributed by atoms with Crippen LogP contribution in [0.4, 0.5) is 5.69 Å². The lowest BCUT2D eigenvalue weighted by atomic mass is 9.96. The SMILES string of the molecule is COc1ccc2[nH]cc(CCN3C(=O)C(=O)C(=C(O)c4cccc([N+](=O)[O-])c4)[C@@H]3c3cccnc3)c2c1. The quantitative estimate of drug-likeness (QED) is 0.128. The fourth-order valence-electron chi connectivity index (χ4n) is 4.65. The van der Waals surface area contributed by atoms with Gasteiger partial charge in [-0.05, 0) is 41.8 Å². The number of ketones is 1. The number of likely N-dealkylation sites (tertiary alicyclic amines) is 1. The Labute approximate surface area is 211 Å². The van der Waals surface area contributed by atoms with E-state index in [-0.39, 0.29) is 23.4 Å². The summed E-state index contributed by atoms with van der Waals surface area (Å²) in [5, 5.41) is 23.3. The summed E-state index contributed by atoms with van der Waals surface area (Å²) in [6, 6.07) is 13.4. The normalized spacial score (nSPS) is 16.9. The zero-order valence-electron chi connectivity index (χ0n) is 19.7. The molecule has 2 aromatic heterocycles. The largest absolute Gasteiger partial charge is 0.507 e. The molecule has 0 aliphatic carbocycles. The van der Waals surface area contributed by atoms with Gasteiger partial charge in [0.05, 0.1) is 23.6 Å². The van der Waals surface area contributed by atoms with Gasteiger partial charge in [0, 0.05) is 53.7 Å². The van der Waals surface area contributed by atoms with E-state index in [0.717, 1.165) is 16.5 Å². The number of non-ortho nitro benzene ring substituents is 1. The Balaban J connectivity index is 1.55. The first-order chi connectivity index (χ1) is 17.9. The lowest BCUT2D eigenvalue weighted by Gasteiger charge is -2.25. The van der Waals surface area contributed by atoms with Crippen LogP contribution >= 0.6 is 0 Å². The van der Waals surface area contributed by atoms with Crippen molar-refractivity contribution < 1.29 is 24.4 Å². The lowest BCUT2D eigenvalue weighted by Crippen LogP contribution is -2.31. The molecule has 1 amide bonds. The average Bonchev–Trinajstić information content (AvgIpc) is 3.44. The molecule has 0 radical (unpaired) electrons. The molecule has 2 aromatic carbocycles. The van der Waals surface area contributed by atoms with E-state index < -0.39 is 28.4 Å². The highest BCUT2D eigenvalue weighted by molar-refractivity contribution is 6.46. The highest BCUT2D eigenvalue weighted by Crippen LogP contribution is 2.39. The summed E-state index contributed by atoms with van der Waals surface area (Å²) in [4.78, 5) is 45.8. The summed E-state index contributed by atoms with van der Waals surface area (Å²) in [5.74, 6) is -1.41. The van der Waals surface area contributed by atoms with E-state index >= 15 is 0 Å². The van der Waals surface area contributed by atoms with E-state index in [0.29, 0.717) is 17.7 Å². The number of fused-ring (bicyclic) bond motifs is 1. The molecule has 186 valence electrons. The number of nitro benzene ring substituents is 1. The summed E-state index contributed by atoms with van der Waals surface area (Å²) in [6.07, 6.45) is 5.37. The van der Waals surface area contributed by atoms with Crippen LogP contribution in [0.5, 0.6) is 5.75 Å². The monoisotopic (exact) mass is 498 g/mol. The number of benzene rings is 2. The van der Waals surface area contributed by atoms with Gasteiger partial charge in [0.1, 0.15) is 11.5 Å². The van der Waals surface area contributed by atoms with Gasteiger partial charge in [-0.25, -0.2) is 0 Å². The molecule has 0 spiro atoms. The van der Waals surface area contributed by atoms with Crippen molar-refractivity contribution >= 4 is 34.0 Å². The first kappa shape index (κ1) is 23.7. The molecule has 1 saturated heterocycles. The number of aromatic amines is 1. The van der Waals surface area contributed by atoms with Gasteiger partial charge in [0.15, 0.2) is 0 Å². The predicted octanol–water partition coefficient (Wildman–Crippen LogP) is 4.14. The number of Topliss-reactive ketones (excluding diaryl/α,β-unsaturated/α-hetero) is 1. The molecule has 1 fully saturated rings. The first-order valence-electron chi connectivity index (χ1n) is 11.5. The minimum Gasteiger partial charge on any atom is -0.507 e. The third-order valence-electron chi connectivity index (χ3n) is 6.47. The number of nitrogens with zero attached hydrogens (tertiary/aromatic N) is 3. The Morgan fingerprint density at radius 2 is 2.03 bits per heavy atom. The number of rotatable bonds is 7. The molecule has 10 nitrogen and oxygen atoms in total. The van der Waals surface area contributed by atoms with Crippen molar-refractivity contribution in [1.82, 2.24) is 14.9 Å². The molecule has 1 atom stereocenters. The van der Waals surface area contributed by atoms with Crippen LogP contribution < -0.4 is 4.74 Å². The summed E-state index contributed by atoms with van der Waals surface area (Å²) in [5.41, 5.74) is 2.07. The van der Waals surface area contributed by atoms with Gasteiger partial charge in [-0.15, -0.1) is 0 Å². The number of aliphatic hydroxyl groups is 1. The van der Waals surface area contributed by atoms with E-state index in [1.807, 2.05) is 24.4 Å². The molecular weight excluding hydrogens is 476 g/mol. The number of hydrogen-bond acceptors (Lipinski definition) is 7. The van der Waals surface area contributed by atoms with Crippen LogP contribution in [-0.2, 0) is 16.0 Å². The molecule has 1 aliphatic heterocycles. The molecule has 1 aliphatic rings. The molecule has 4 aromatic rings. The number of nitrogens with one attached hydrogen (secondary N) is 1. The number of aromatic nitrogens is 2. The van der Waals surface area contributed by atoms with Gasteiger partial charge < -0.3 is 19.7 Å². The summed E-state index contributed by atoms with van der Waals surface area (Å²) >= 11 is 0. The van der Waals surface area contributed by atoms with Crippen LogP contribution in [0.25, 0.3) is 16.7 Å². The second-order valence-corrected chi connectivity index (χ2v) is 8.56. The first-order valence-corrected chi connectivity index (χ1v) is 11.5.